The van der Waals surface area contributed by atoms with Crippen LogP contribution in [0.1, 0.15) is 12.8 Å². The zero-order chi connectivity index (χ0) is 14.8. The molecular weight excluding hydrogens is 290 g/mol. The molecule has 0 spiro atoms. The number of anilines is 1. The molecule has 0 aliphatic carbocycles. The van der Waals surface area contributed by atoms with Crippen LogP contribution in [0.4, 0.5) is 5.69 Å². The van der Waals surface area contributed by atoms with Crippen molar-refractivity contribution in [3.63, 3.8) is 0 Å². The molecule has 1 aromatic heterocycles. The van der Waals surface area contributed by atoms with Gasteiger partial charge in [0.2, 0.25) is 0 Å². The summed E-state index contributed by atoms with van der Waals surface area (Å²) in [7, 11) is 0. The van der Waals surface area contributed by atoms with Crippen molar-refractivity contribution >= 4 is 34.4 Å². The lowest BCUT2D eigenvalue weighted by Gasteiger charge is -2.11. The second kappa shape index (κ2) is 5.92. The number of nitrogens with zero attached hydrogens (tertiary/aromatic N) is 1. The van der Waals surface area contributed by atoms with Gasteiger partial charge in [-0.3, -0.25) is 10.2 Å². The molecule has 0 saturated carbocycles. The fraction of sp³-hybridized carbons (Fsp3) is 0.385. The van der Waals surface area contributed by atoms with E-state index in [1.165, 1.54) is 0 Å². The number of amides is 1. The Labute approximate surface area is 125 Å². The van der Waals surface area contributed by atoms with Gasteiger partial charge in [0, 0.05) is 11.4 Å². The average Bonchev–Trinajstić information content (AvgIpc) is 3.10. The van der Waals surface area contributed by atoms with Gasteiger partial charge in [0.15, 0.2) is 5.16 Å². The predicted molar refractivity (Wildman–Crippen MR) is 81.5 cm³/mol. The molecule has 8 heteroatoms. The molecule has 1 saturated heterocycles. The van der Waals surface area contributed by atoms with Crippen LogP contribution in [0.15, 0.2) is 23.4 Å². The van der Waals surface area contributed by atoms with E-state index in [0.29, 0.717) is 12.1 Å². The number of aromatic amines is 1. The number of nitrogens with one attached hydrogen (secondary N) is 2. The Morgan fingerprint density at radius 1 is 1.52 bits per heavy atom. The monoisotopic (exact) mass is 307 g/mol. The van der Waals surface area contributed by atoms with E-state index < -0.39 is 6.10 Å². The molecule has 21 heavy (non-hydrogen) atoms. The Morgan fingerprint density at radius 3 is 3.19 bits per heavy atom. The van der Waals surface area contributed by atoms with E-state index >= 15 is 0 Å². The van der Waals surface area contributed by atoms with Crippen LogP contribution in [0.3, 0.4) is 0 Å². The molecule has 0 bridgehead atoms. The van der Waals surface area contributed by atoms with E-state index in [1.807, 2.05) is 18.2 Å². The summed E-state index contributed by atoms with van der Waals surface area (Å²) in [6, 6.07) is 5.58. The Morgan fingerprint density at radius 2 is 2.38 bits per heavy atom. The summed E-state index contributed by atoms with van der Waals surface area (Å²) in [5, 5.41) is 0.825. The quantitative estimate of drug-likeness (QED) is 0.218. The van der Waals surface area contributed by atoms with Crippen LogP contribution in [0.2, 0.25) is 0 Å². The van der Waals surface area contributed by atoms with Crippen LogP contribution in [-0.4, -0.2) is 33.8 Å². The number of H-pyrrole nitrogens is 1. The third-order valence-corrected chi connectivity index (χ3v) is 4.44. The van der Waals surface area contributed by atoms with E-state index in [4.69, 9.17) is 16.3 Å². The van der Waals surface area contributed by atoms with Gasteiger partial charge in [0.1, 0.15) is 6.10 Å². The Hall–Kier alpha value is -1.77. The number of thioether (sulfide) groups is 1. The minimum atomic E-state index is -0.434. The first-order valence-electron chi connectivity index (χ1n) is 6.69. The number of nitrogens with two attached hydrogens (primary N) is 2. The molecule has 1 aromatic carbocycles. The standard InChI is InChI=1S/C13H17N5O2S/c14-7-1-3-9-10(5-7)17-13(16-9)21-6-8-2-4-11(20-8)12(19)18-15/h1,3,5,8,11H,2,4,6,14-15H2,(H,16,17)(H,18,19). The number of hydrogen-bond acceptors (Lipinski definition) is 6. The summed E-state index contributed by atoms with van der Waals surface area (Å²) >= 11 is 1.58. The highest BCUT2D eigenvalue weighted by atomic mass is 32.2. The average molecular weight is 307 g/mol. The number of aromatic nitrogens is 2. The van der Waals surface area contributed by atoms with Gasteiger partial charge in [-0.1, -0.05) is 11.8 Å². The molecule has 6 N–H and O–H groups in total. The third-order valence-electron chi connectivity index (χ3n) is 3.43. The lowest BCUT2D eigenvalue weighted by Crippen LogP contribution is -2.39. The number of hydrogen-bond donors (Lipinski definition) is 4. The Balaban J connectivity index is 1.58. The molecule has 2 atom stereocenters. The minimum absolute atomic E-state index is 0.0376. The van der Waals surface area contributed by atoms with Crippen LogP contribution in [-0.2, 0) is 9.53 Å². The minimum Gasteiger partial charge on any atom is -0.399 e. The van der Waals surface area contributed by atoms with Gasteiger partial charge in [-0.25, -0.2) is 10.8 Å². The molecule has 3 rings (SSSR count). The summed E-state index contributed by atoms with van der Waals surface area (Å²) in [6.45, 7) is 0. The first-order chi connectivity index (χ1) is 10.2. The lowest BCUT2D eigenvalue weighted by molar-refractivity contribution is -0.131. The highest BCUT2D eigenvalue weighted by Crippen LogP contribution is 2.27. The number of carbonyl (C=O) groups excluding carboxylic acids is 1. The van der Waals surface area contributed by atoms with Gasteiger partial charge in [0.05, 0.1) is 17.1 Å². The second-order valence-corrected chi connectivity index (χ2v) is 5.97. The van der Waals surface area contributed by atoms with E-state index in [2.05, 4.69) is 15.4 Å². The number of rotatable bonds is 4. The molecule has 7 nitrogen and oxygen atoms in total. The second-order valence-electron chi connectivity index (χ2n) is 4.96. The van der Waals surface area contributed by atoms with Crippen molar-refractivity contribution < 1.29 is 9.53 Å². The van der Waals surface area contributed by atoms with E-state index in [0.717, 1.165) is 28.4 Å². The molecule has 1 amide bonds. The van der Waals surface area contributed by atoms with Crippen molar-refractivity contribution in [2.24, 2.45) is 5.84 Å². The zero-order valence-electron chi connectivity index (χ0n) is 11.3. The molecule has 2 heterocycles. The fourth-order valence-electron chi connectivity index (χ4n) is 2.36. The van der Waals surface area contributed by atoms with Gasteiger partial charge in [-0.2, -0.15) is 0 Å². The van der Waals surface area contributed by atoms with Crippen molar-refractivity contribution in [2.75, 3.05) is 11.5 Å². The number of nitrogen functional groups attached to an aromatic ring is 1. The molecule has 1 aliphatic rings. The first-order valence-corrected chi connectivity index (χ1v) is 7.68. The number of fused-ring (bicyclic) bond motifs is 1. The number of carbonyl (C=O) groups is 1. The van der Waals surface area contributed by atoms with Gasteiger partial charge in [0.25, 0.3) is 5.91 Å². The van der Waals surface area contributed by atoms with Crippen LogP contribution >= 0.6 is 11.8 Å². The van der Waals surface area contributed by atoms with Crippen LogP contribution in [0.25, 0.3) is 11.0 Å². The van der Waals surface area contributed by atoms with Crippen molar-refractivity contribution in [3.05, 3.63) is 18.2 Å². The molecule has 2 unspecified atom stereocenters. The predicted octanol–water partition coefficient (Wildman–Crippen LogP) is 0.775. The van der Waals surface area contributed by atoms with Crippen molar-refractivity contribution in [1.29, 1.82) is 0 Å². The van der Waals surface area contributed by atoms with E-state index in [9.17, 15) is 4.79 Å². The smallest absolute Gasteiger partial charge is 0.263 e. The topological polar surface area (TPSA) is 119 Å². The summed E-state index contributed by atoms with van der Waals surface area (Å²) in [4.78, 5) is 19.1. The zero-order valence-corrected chi connectivity index (χ0v) is 12.2. The molecular formula is C13H17N5O2S. The maximum Gasteiger partial charge on any atom is 0.263 e. The normalized spacial score (nSPS) is 21.8. The van der Waals surface area contributed by atoms with Crippen LogP contribution < -0.4 is 17.0 Å². The third kappa shape index (κ3) is 3.12. The van der Waals surface area contributed by atoms with Crippen LogP contribution in [0, 0.1) is 0 Å². The van der Waals surface area contributed by atoms with Crippen molar-refractivity contribution in [1.82, 2.24) is 15.4 Å². The summed E-state index contributed by atoms with van der Waals surface area (Å²) < 4.78 is 5.65. The Bertz CT molecular complexity index is 659. The lowest BCUT2D eigenvalue weighted by atomic mass is 10.2. The van der Waals surface area contributed by atoms with Gasteiger partial charge >= 0.3 is 0 Å². The number of benzene rings is 1. The maximum atomic E-state index is 11.4. The van der Waals surface area contributed by atoms with E-state index in [1.54, 1.807) is 11.8 Å². The number of imidazole rings is 1. The van der Waals surface area contributed by atoms with Gasteiger partial charge in [-0.15, -0.1) is 0 Å². The molecule has 0 radical (unpaired) electrons. The van der Waals surface area contributed by atoms with Crippen molar-refractivity contribution in [3.8, 4) is 0 Å². The highest BCUT2D eigenvalue weighted by Gasteiger charge is 2.30. The number of ether oxygens (including phenoxy) is 1. The number of hydrazine groups is 1. The van der Waals surface area contributed by atoms with Crippen molar-refractivity contribution in [2.45, 2.75) is 30.2 Å². The molecule has 112 valence electrons. The van der Waals surface area contributed by atoms with Gasteiger partial charge < -0.3 is 15.5 Å². The van der Waals surface area contributed by atoms with Crippen LogP contribution in [0.5, 0.6) is 0 Å². The molecule has 1 aliphatic heterocycles. The largest absolute Gasteiger partial charge is 0.399 e. The summed E-state index contributed by atoms with van der Waals surface area (Å²) in [5.41, 5.74) is 10.4. The molecule has 2 aromatic rings. The fourth-order valence-corrected chi connectivity index (χ4v) is 3.29. The summed E-state index contributed by atoms with van der Waals surface area (Å²) in [6.07, 6.45) is 1.15. The highest BCUT2D eigenvalue weighted by molar-refractivity contribution is 7.99. The SMILES string of the molecule is NNC(=O)C1CCC(CSc2nc3ccc(N)cc3[nH]2)O1. The maximum absolute atomic E-state index is 11.4. The molecule has 1 fully saturated rings. The summed E-state index contributed by atoms with van der Waals surface area (Å²) in [5.74, 6) is 5.59. The first kappa shape index (κ1) is 14.2. The van der Waals surface area contributed by atoms with E-state index in [-0.39, 0.29) is 12.0 Å². The van der Waals surface area contributed by atoms with Gasteiger partial charge in [-0.05, 0) is 31.0 Å². The Kier molecular flexibility index (Phi) is 4.00.